The molecule has 0 spiro atoms. The molecule has 1 heterocycles. The molecule has 16 heavy (non-hydrogen) atoms. The van der Waals surface area contributed by atoms with Crippen LogP contribution in [-0.4, -0.2) is 24.1 Å². The van der Waals surface area contributed by atoms with E-state index in [-0.39, 0.29) is 0 Å². The molecule has 2 rings (SSSR count). The van der Waals surface area contributed by atoms with Crippen LogP contribution >= 0.6 is 11.8 Å². The fraction of sp³-hybridized carbons (Fsp3) is 1.00. The molecular formula is C14H27NS. The lowest BCUT2D eigenvalue weighted by Crippen LogP contribution is -2.37. The third kappa shape index (κ3) is 3.66. The van der Waals surface area contributed by atoms with Crippen LogP contribution in [0.4, 0.5) is 0 Å². The van der Waals surface area contributed by atoms with Crippen LogP contribution in [0.3, 0.4) is 0 Å². The molecule has 94 valence electrons. The topological polar surface area (TPSA) is 12.0 Å². The summed E-state index contributed by atoms with van der Waals surface area (Å²) in [6.07, 6.45) is 7.19. The molecule has 1 aliphatic heterocycles. The van der Waals surface area contributed by atoms with Gasteiger partial charge in [0.2, 0.25) is 0 Å². The van der Waals surface area contributed by atoms with Crippen molar-refractivity contribution in [2.75, 3.05) is 18.1 Å². The van der Waals surface area contributed by atoms with Crippen molar-refractivity contribution in [2.24, 2.45) is 17.8 Å². The Labute approximate surface area is 105 Å². The van der Waals surface area contributed by atoms with Crippen molar-refractivity contribution >= 4 is 11.8 Å². The lowest BCUT2D eigenvalue weighted by atomic mass is 9.79. The van der Waals surface area contributed by atoms with Gasteiger partial charge >= 0.3 is 0 Å². The van der Waals surface area contributed by atoms with Crippen molar-refractivity contribution in [3.05, 3.63) is 0 Å². The number of hydrogen-bond acceptors (Lipinski definition) is 2. The second-order valence-corrected chi connectivity index (χ2v) is 7.14. The molecule has 1 saturated heterocycles. The minimum absolute atomic E-state index is 0.834. The predicted molar refractivity (Wildman–Crippen MR) is 74.0 cm³/mol. The number of hydrogen-bond donors (Lipinski definition) is 1. The van der Waals surface area contributed by atoms with E-state index < -0.39 is 0 Å². The van der Waals surface area contributed by atoms with E-state index in [1.807, 2.05) is 0 Å². The molecule has 1 N–H and O–H groups in total. The van der Waals surface area contributed by atoms with Crippen molar-refractivity contribution in [3.8, 4) is 0 Å². The van der Waals surface area contributed by atoms with Crippen LogP contribution in [-0.2, 0) is 0 Å². The fourth-order valence-electron chi connectivity index (χ4n) is 3.07. The highest BCUT2D eigenvalue weighted by Crippen LogP contribution is 2.30. The number of thioether (sulfide) groups is 1. The van der Waals surface area contributed by atoms with Crippen LogP contribution < -0.4 is 5.32 Å². The molecule has 1 aliphatic carbocycles. The quantitative estimate of drug-likeness (QED) is 0.808. The van der Waals surface area contributed by atoms with Gasteiger partial charge in [-0.05, 0) is 67.9 Å². The van der Waals surface area contributed by atoms with E-state index in [1.54, 1.807) is 0 Å². The molecule has 0 aromatic heterocycles. The fourth-order valence-corrected chi connectivity index (χ4v) is 4.35. The summed E-state index contributed by atoms with van der Waals surface area (Å²) in [5, 5.41) is 3.81. The molecule has 0 aromatic rings. The van der Waals surface area contributed by atoms with Crippen molar-refractivity contribution in [2.45, 2.75) is 52.0 Å². The van der Waals surface area contributed by atoms with Gasteiger partial charge in [-0.3, -0.25) is 0 Å². The first-order chi connectivity index (χ1) is 7.75. The lowest BCUT2D eigenvalue weighted by molar-refractivity contribution is 0.235. The Bertz CT molecular complexity index is 191. The second-order valence-electron chi connectivity index (χ2n) is 5.99. The first-order valence-electron chi connectivity index (χ1n) is 7.07. The maximum Gasteiger partial charge on any atom is 0.00673 e. The van der Waals surface area contributed by atoms with Crippen LogP contribution in [0.2, 0.25) is 0 Å². The summed E-state index contributed by atoms with van der Waals surface area (Å²) in [7, 11) is 0. The van der Waals surface area contributed by atoms with Crippen LogP contribution in [0.15, 0.2) is 0 Å². The minimum Gasteiger partial charge on any atom is -0.314 e. The lowest BCUT2D eigenvalue weighted by Gasteiger charge is -2.32. The largest absolute Gasteiger partial charge is 0.314 e. The summed E-state index contributed by atoms with van der Waals surface area (Å²) in [5.74, 6) is 5.65. The smallest absolute Gasteiger partial charge is 0.00673 e. The molecule has 0 amide bonds. The normalized spacial score (nSPS) is 35.8. The minimum atomic E-state index is 0.834. The predicted octanol–water partition coefficient (Wildman–Crippen LogP) is 3.54. The van der Waals surface area contributed by atoms with E-state index in [9.17, 15) is 0 Å². The van der Waals surface area contributed by atoms with Gasteiger partial charge in [-0.2, -0.15) is 11.8 Å². The maximum absolute atomic E-state index is 3.81. The van der Waals surface area contributed by atoms with Crippen molar-refractivity contribution < 1.29 is 0 Å². The van der Waals surface area contributed by atoms with Gasteiger partial charge in [0, 0.05) is 6.04 Å². The van der Waals surface area contributed by atoms with Crippen molar-refractivity contribution in [3.63, 3.8) is 0 Å². The van der Waals surface area contributed by atoms with Gasteiger partial charge in [0.25, 0.3) is 0 Å². The molecular weight excluding hydrogens is 214 g/mol. The first-order valence-corrected chi connectivity index (χ1v) is 8.22. The molecule has 0 bridgehead atoms. The van der Waals surface area contributed by atoms with Gasteiger partial charge < -0.3 is 5.32 Å². The highest BCUT2D eigenvalue weighted by Gasteiger charge is 2.24. The Kier molecular flexibility index (Phi) is 5.02. The van der Waals surface area contributed by atoms with Crippen LogP contribution in [0.25, 0.3) is 0 Å². The highest BCUT2D eigenvalue weighted by atomic mass is 32.2. The summed E-state index contributed by atoms with van der Waals surface area (Å²) >= 11 is 2.13. The molecule has 0 aromatic carbocycles. The summed E-state index contributed by atoms with van der Waals surface area (Å²) in [5.41, 5.74) is 0. The zero-order valence-corrected chi connectivity index (χ0v) is 11.7. The standard InChI is InChI=1S/C14H27NS/c1-11(2)13-3-5-14(6-4-13)15-9-12-7-8-16-10-12/h11-15H,3-10H2,1-2H3. The average Bonchev–Trinajstić information content (AvgIpc) is 2.80. The van der Waals surface area contributed by atoms with E-state index in [0.29, 0.717) is 0 Å². The molecule has 1 saturated carbocycles. The van der Waals surface area contributed by atoms with E-state index in [1.165, 1.54) is 50.2 Å². The van der Waals surface area contributed by atoms with Gasteiger partial charge in [-0.25, -0.2) is 0 Å². The number of rotatable bonds is 4. The second kappa shape index (κ2) is 6.30. The number of nitrogens with one attached hydrogen (secondary N) is 1. The van der Waals surface area contributed by atoms with Gasteiger partial charge in [0.05, 0.1) is 0 Å². The monoisotopic (exact) mass is 241 g/mol. The molecule has 1 atom stereocenters. The Hall–Kier alpha value is 0.310. The van der Waals surface area contributed by atoms with Crippen LogP contribution in [0.1, 0.15) is 46.0 Å². The maximum atomic E-state index is 3.81. The summed E-state index contributed by atoms with van der Waals surface area (Å²) in [4.78, 5) is 0. The molecule has 1 unspecified atom stereocenters. The molecule has 2 fully saturated rings. The van der Waals surface area contributed by atoms with Crippen LogP contribution in [0.5, 0.6) is 0 Å². The Morgan fingerprint density at radius 1 is 1.12 bits per heavy atom. The Morgan fingerprint density at radius 3 is 2.44 bits per heavy atom. The zero-order valence-electron chi connectivity index (χ0n) is 10.9. The van der Waals surface area contributed by atoms with Gasteiger partial charge in [0.1, 0.15) is 0 Å². The zero-order chi connectivity index (χ0) is 11.4. The molecule has 1 nitrogen and oxygen atoms in total. The highest BCUT2D eigenvalue weighted by molar-refractivity contribution is 7.99. The Balaban J connectivity index is 1.61. The third-order valence-electron chi connectivity index (χ3n) is 4.43. The average molecular weight is 241 g/mol. The Morgan fingerprint density at radius 2 is 1.88 bits per heavy atom. The van der Waals surface area contributed by atoms with Crippen molar-refractivity contribution in [1.82, 2.24) is 5.32 Å². The summed E-state index contributed by atoms with van der Waals surface area (Å²) in [6, 6.07) is 0.834. The molecule has 2 aliphatic rings. The van der Waals surface area contributed by atoms with E-state index in [2.05, 4.69) is 30.9 Å². The van der Waals surface area contributed by atoms with Gasteiger partial charge in [-0.15, -0.1) is 0 Å². The summed E-state index contributed by atoms with van der Waals surface area (Å²) in [6.45, 7) is 6.05. The van der Waals surface area contributed by atoms with Crippen molar-refractivity contribution in [1.29, 1.82) is 0 Å². The first kappa shape index (κ1) is 12.8. The molecule has 0 radical (unpaired) electrons. The summed E-state index contributed by atoms with van der Waals surface area (Å²) < 4.78 is 0. The van der Waals surface area contributed by atoms with E-state index >= 15 is 0 Å². The van der Waals surface area contributed by atoms with E-state index in [0.717, 1.165) is 23.8 Å². The van der Waals surface area contributed by atoms with Gasteiger partial charge in [0.15, 0.2) is 0 Å². The van der Waals surface area contributed by atoms with E-state index in [4.69, 9.17) is 0 Å². The van der Waals surface area contributed by atoms with Crippen LogP contribution in [0, 0.1) is 17.8 Å². The SMILES string of the molecule is CC(C)C1CCC(NCC2CCSC2)CC1. The molecule has 2 heteroatoms. The van der Waals surface area contributed by atoms with Gasteiger partial charge in [-0.1, -0.05) is 13.8 Å². The third-order valence-corrected chi connectivity index (χ3v) is 5.67.